The zero-order valence-electron chi connectivity index (χ0n) is 22.1. The highest BCUT2D eigenvalue weighted by Crippen LogP contribution is 2.24. The Hall–Kier alpha value is -3.94. The van der Waals surface area contributed by atoms with Crippen LogP contribution in [0.15, 0.2) is 67.0 Å². The lowest BCUT2D eigenvalue weighted by molar-refractivity contribution is -0.128. The fraction of sp³-hybridized carbons (Fsp3) is 0.367. The molecule has 200 valence electrons. The Labute approximate surface area is 223 Å². The molecule has 2 aromatic carbocycles. The summed E-state index contributed by atoms with van der Waals surface area (Å²) in [5.41, 5.74) is 3.50. The average molecular weight is 518 g/mol. The lowest BCUT2D eigenvalue weighted by Crippen LogP contribution is -2.49. The van der Waals surface area contributed by atoms with E-state index in [1.54, 1.807) is 12.3 Å². The number of carbonyl (C=O) groups excluding carboxylic acids is 2. The summed E-state index contributed by atoms with van der Waals surface area (Å²) in [4.78, 5) is 35.8. The summed E-state index contributed by atoms with van der Waals surface area (Å²) in [6.07, 6.45) is 5.39. The standard InChI is InChI=1S/C30H36FN5O2/c1-20-12-13-24(25(31)15-20)27-18-32-28(34-27)19-33-30(38)26(16-22(3)36-14-8-7-9-21(36)2)35-29(37)17-23-10-5-4-6-11-23/h4-6,10-13,15,18,21,26H,3,7-9,14,16-17,19H2,1-2H3,(H,32,34)(H,33,38)(H,35,37)/t21-,26-/m0/s1. The fourth-order valence-corrected chi connectivity index (χ4v) is 4.88. The molecule has 2 atom stereocenters. The summed E-state index contributed by atoms with van der Waals surface area (Å²) in [5, 5.41) is 5.79. The highest BCUT2D eigenvalue weighted by atomic mass is 19.1. The Balaban J connectivity index is 1.42. The number of aryl methyl sites for hydroxylation is 1. The van der Waals surface area contributed by atoms with Crippen LogP contribution in [0.4, 0.5) is 4.39 Å². The molecule has 0 saturated carbocycles. The number of aromatic nitrogens is 2. The van der Waals surface area contributed by atoms with Crippen LogP contribution in [-0.4, -0.2) is 45.3 Å². The van der Waals surface area contributed by atoms with Crippen molar-refractivity contribution in [1.82, 2.24) is 25.5 Å². The van der Waals surface area contributed by atoms with E-state index in [4.69, 9.17) is 0 Å². The number of likely N-dealkylation sites (tertiary alicyclic amines) is 1. The highest BCUT2D eigenvalue weighted by Gasteiger charge is 2.26. The smallest absolute Gasteiger partial charge is 0.243 e. The Bertz CT molecular complexity index is 1270. The molecule has 1 saturated heterocycles. The zero-order valence-corrected chi connectivity index (χ0v) is 22.1. The number of aromatic amines is 1. The molecule has 3 aromatic rings. The third-order valence-corrected chi connectivity index (χ3v) is 6.98. The predicted octanol–water partition coefficient (Wildman–Crippen LogP) is 4.65. The molecule has 4 rings (SSSR count). The molecule has 0 aliphatic carbocycles. The molecule has 1 aliphatic rings. The van der Waals surface area contributed by atoms with Gasteiger partial charge in [-0.05, 0) is 56.4 Å². The third kappa shape index (κ3) is 7.09. The maximum atomic E-state index is 14.4. The van der Waals surface area contributed by atoms with Gasteiger partial charge in [0.25, 0.3) is 0 Å². The summed E-state index contributed by atoms with van der Waals surface area (Å²) in [5.74, 6) is -0.398. The minimum absolute atomic E-state index is 0.115. The van der Waals surface area contributed by atoms with Crippen molar-refractivity contribution in [3.05, 3.63) is 89.8 Å². The second-order valence-electron chi connectivity index (χ2n) is 10.0. The van der Waals surface area contributed by atoms with Crippen molar-refractivity contribution < 1.29 is 14.0 Å². The minimum atomic E-state index is -0.781. The topological polar surface area (TPSA) is 90.1 Å². The average Bonchev–Trinajstić information content (AvgIpc) is 3.36. The number of imidazole rings is 1. The number of carbonyl (C=O) groups is 2. The molecule has 0 radical (unpaired) electrons. The Morgan fingerprint density at radius 2 is 2.00 bits per heavy atom. The van der Waals surface area contributed by atoms with Gasteiger partial charge in [0.15, 0.2) is 0 Å². The summed E-state index contributed by atoms with van der Waals surface area (Å²) >= 11 is 0. The van der Waals surface area contributed by atoms with E-state index in [0.29, 0.717) is 29.5 Å². The Morgan fingerprint density at radius 3 is 2.74 bits per heavy atom. The predicted molar refractivity (Wildman–Crippen MR) is 146 cm³/mol. The van der Waals surface area contributed by atoms with E-state index in [-0.39, 0.29) is 30.6 Å². The number of hydrogen-bond donors (Lipinski definition) is 3. The van der Waals surface area contributed by atoms with Crippen molar-refractivity contribution in [2.24, 2.45) is 0 Å². The van der Waals surface area contributed by atoms with E-state index in [2.05, 4.69) is 39.0 Å². The van der Waals surface area contributed by atoms with Crippen molar-refractivity contribution in [2.45, 2.75) is 64.6 Å². The first-order valence-electron chi connectivity index (χ1n) is 13.2. The van der Waals surface area contributed by atoms with E-state index in [1.807, 2.05) is 43.3 Å². The van der Waals surface area contributed by atoms with Crippen LogP contribution in [0.5, 0.6) is 0 Å². The first-order chi connectivity index (χ1) is 18.3. The molecule has 1 fully saturated rings. The number of amides is 2. The summed E-state index contributed by atoms with van der Waals surface area (Å²) < 4.78 is 14.4. The molecule has 1 aromatic heterocycles. The normalized spacial score (nSPS) is 16.1. The van der Waals surface area contributed by atoms with Crippen LogP contribution < -0.4 is 10.6 Å². The molecule has 2 amide bonds. The van der Waals surface area contributed by atoms with Crippen LogP contribution in [0.2, 0.25) is 0 Å². The number of nitrogens with one attached hydrogen (secondary N) is 3. The van der Waals surface area contributed by atoms with Gasteiger partial charge in [-0.1, -0.05) is 43.0 Å². The second-order valence-corrected chi connectivity index (χ2v) is 10.0. The van der Waals surface area contributed by atoms with Gasteiger partial charge in [-0.25, -0.2) is 9.37 Å². The number of hydrogen-bond acceptors (Lipinski definition) is 4. The monoisotopic (exact) mass is 517 g/mol. The SMILES string of the molecule is C=C(C[C@H](NC(=O)Cc1ccccc1)C(=O)NCc1ncc(-c2ccc(C)cc2F)[nH]1)N1CCCC[C@@H]1C. The van der Waals surface area contributed by atoms with Gasteiger partial charge in [0, 0.05) is 30.3 Å². The summed E-state index contributed by atoms with van der Waals surface area (Å²) in [6, 6.07) is 14.0. The lowest BCUT2D eigenvalue weighted by Gasteiger charge is -2.37. The number of H-pyrrole nitrogens is 1. The quantitative estimate of drug-likeness (QED) is 0.365. The maximum absolute atomic E-state index is 14.4. The van der Waals surface area contributed by atoms with Crippen LogP contribution in [0, 0.1) is 12.7 Å². The largest absolute Gasteiger partial charge is 0.373 e. The van der Waals surface area contributed by atoms with Gasteiger partial charge in [-0.3, -0.25) is 9.59 Å². The van der Waals surface area contributed by atoms with Gasteiger partial charge >= 0.3 is 0 Å². The van der Waals surface area contributed by atoms with Crippen molar-refractivity contribution in [3.8, 4) is 11.3 Å². The van der Waals surface area contributed by atoms with Crippen LogP contribution in [0.1, 0.15) is 49.6 Å². The summed E-state index contributed by atoms with van der Waals surface area (Å²) in [7, 11) is 0. The number of nitrogens with zero attached hydrogens (tertiary/aromatic N) is 2. The van der Waals surface area contributed by atoms with Crippen molar-refractivity contribution in [2.75, 3.05) is 6.54 Å². The molecule has 1 aliphatic heterocycles. The zero-order chi connectivity index (χ0) is 27.1. The molecular weight excluding hydrogens is 481 g/mol. The van der Waals surface area contributed by atoms with Crippen molar-refractivity contribution in [1.29, 1.82) is 0 Å². The first-order valence-corrected chi connectivity index (χ1v) is 13.2. The van der Waals surface area contributed by atoms with Gasteiger partial charge in [-0.15, -0.1) is 0 Å². The van der Waals surface area contributed by atoms with Crippen LogP contribution >= 0.6 is 0 Å². The molecule has 0 unspecified atom stereocenters. The van der Waals surface area contributed by atoms with E-state index < -0.39 is 6.04 Å². The van der Waals surface area contributed by atoms with Crippen LogP contribution in [0.3, 0.4) is 0 Å². The number of piperidine rings is 1. The molecule has 0 bridgehead atoms. The Kier molecular flexibility index (Phi) is 8.94. The minimum Gasteiger partial charge on any atom is -0.373 e. The molecule has 7 nitrogen and oxygen atoms in total. The van der Waals surface area contributed by atoms with Gasteiger partial charge < -0.3 is 20.5 Å². The molecule has 8 heteroatoms. The van der Waals surface area contributed by atoms with E-state index in [0.717, 1.165) is 36.2 Å². The summed E-state index contributed by atoms with van der Waals surface area (Å²) in [6.45, 7) is 9.26. The highest BCUT2D eigenvalue weighted by molar-refractivity contribution is 5.88. The van der Waals surface area contributed by atoms with Crippen molar-refractivity contribution in [3.63, 3.8) is 0 Å². The molecule has 2 heterocycles. The lowest BCUT2D eigenvalue weighted by atomic mass is 10.0. The number of benzene rings is 2. The molecule has 0 spiro atoms. The van der Waals surface area contributed by atoms with Gasteiger partial charge in [0.1, 0.15) is 17.7 Å². The maximum Gasteiger partial charge on any atom is 0.243 e. The molecule has 3 N–H and O–H groups in total. The fourth-order valence-electron chi connectivity index (χ4n) is 4.88. The number of rotatable bonds is 10. The first kappa shape index (κ1) is 27.1. The van der Waals surface area contributed by atoms with Crippen LogP contribution in [-0.2, 0) is 22.6 Å². The third-order valence-electron chi connectivity index (χ3n) is 6.98. The number of halogens is 1. The van der Waals surface area contributed by atoms with E-state index >= 15 is 0 Å². The van der Waals surface area contributed by atoms with Crippen LogP contribution in [0.25, 0.3) is 11.3 Å². The van der Waals surface area contributed by atoms with E-state index in [1.165, 1.54) is 12.5 Å². The molecule has 38 heavy (non-hydrogen) atoms. The molecular formula is C30H36FN5O2. The Morgan fingerprint density at radius 1 is 1.21 bits per heavy atom. The van der Waals surface area contributed by atoms with E-state index in [9.17, 15) is 14.0 Å². The van der Waals surface area contributed by atoms with Gasteiger partial charge in [0.05, 0.1) is 24.9 Å². The van der Waals surface area contributed by atoms with Gasteiger partial charge in [0.2, 0.25) is 11.8 Å². The van der Waals surface area contributed by atoms with Crippen molar-refractivity contribution >= 4 is 11.8 Å². The van der Waals surface area contributed by atoms with Gasteiger partial charge in [-0.2, -0.15) is 0 Å². The second kappa shape index (κ2) is 12.5.